The zero-order valence-electron chi connectivity index (χ0n) is 16.5. The molecular formula is C22H20FN5O2. The first kappa shape index (κ1) is 19.5. The average Bonchev–Trinajstić information content (AvgIpc) is 3.29. The van der Waals surface area contributed by atoms with Crippen molar-refractivity contribution in [3.05, 3.63) is 77.6 Å². The summed E-state index contributed by atoms with van der Waals surface area (Å²) in [7, 11) is 1.55. The highest BCUT2D eigenvalue weighted by molar-refractivity contribution is 6.09. The fraction of sp³-hybridized carbons (Fsp3) is 0.182. The van der Waals surface area contributed by atoms with Crippen molar-refractivity contribution < 1.29 is 14.0 Å². The third kappa shape index (κ3) is 2.80. The van der Waals surface area contributed by atoms with Crippen LogP contribution in [0.5, 0.6) is 0 Å². The van der Waals surface area contributed by atoms with Gasteiger partial charge in [-0.2, -0.15) is 4.39 Å². The van der Waals surface area contributed by atoms with Crippen LogP contribution in [0.15, 0.2) is 59.9 Å². The van der Waals surface area contributed by atoms with Crippen LogP contribution < -0.4 is 5.73 Å². The van der Waals surface area contributed by atoms with Gasteiger partial charge in [0, 0.05) is 37.1 Å². The molecule has 1 aliphatic rings. The van der Waals surface area contributed by atoms with Gasteiger partial charge in [0.25, 0.3) is 5.91 Å². The normalized spacial score (nSPS) is 18.6. The van der Waals surface area contributed by atoms with Gasteiger partial charge in [0.05, 0.1) is 5.69 Å². The van der Waals surface area contributed by atoms with Crippen LogP contribution in [0.4, 0.5) is 4.39 Å². The molecule has 1 aliphatic heterocycles. The first-order valence-electron chi connectivity index (χ1n) is 9.43. The minimum atomic E-state index is -1.47. The Labute approximate surface area is 172 Å². The summed E-state index contributed by atoms with van der Waals surface area (Å²) < 4.78 is 16.0. The Kier molecular flexibility index (Phi) is 4.69. The molecule has 3 aromatic rings. The average molecular weight is 405 g/mol. The molecule has 0 saturated carbocycles. The Morgan fingerprint density at radius 2 is 2.00 bits per heavy atom. The molecule has 0 aliphatic carbocycles. The number of amides is 1. The summed E-state index contributed by atoms with van der Waals surface area (Å²) in [4.78, 5) is 34.4. The van der Waals surface area contributed by atoms with Gasteiger partial charge in [-0.15, -0.1) is 0 Å². The predicted octanol–water partition coefficient (Wildman–Crippen LogP) is 2.55. The van der Waals surface area contributed by atoms with Gasteiger partial charge in [0.15, 0.2) is 17.8 Å². The number of halogens is 1. The Morgan fingerprint density at radius 1 is 1.20 bits per heavy atom. The van der Waals surface area contributed by atoms with Crippen molar-refractivity contribution in [3.63, 3.8) is 0 Å². The highest BCUT2D eigenvalue weighted by Crippen LogP contribution is 2.41. The number of pyridine rings is 1. The maximum atomic E-state index is 14.3. The molecule has 7 nitrogen and oxygen atoms in total. The number of guanidine groups is 1. The molecule has 4 rings (SSSR count). The van der Waals surface area contributed by atoms with Crippen molar-refractivity contribution in [2.75, 3.05) is 7.05 Å². The molecule has 152 valence electrons. The minimum Gasteiger partial charge on any atom is -0.369 e. The third-order valence-corrected chi connectivity index (χ3v) is 5.40. The lowest BCUT2D eigenvalue weighted by Crippen LogP contribution is -2.41. The SMILES string of the molecule is CCn1cc([C@]2(c3cccc(-c4cccnc4F)c3)N=C(N)N(C)C2=O)cc1C=O. The monoisotopic (exact) mass is 405 g/mol. The van der Waals surface area contributed by atoms with Gasteiger partial charge in [-0.25, -0.2) is 9.98 Å². The van der Waals surface area contributed by atoms with Crippen molar-refractivity contribution in [2.24, 2.45) is 10.7 Å². The third-order valence-electron chi connectivity index (χ3n) is 5.40. The first-order chi connectivity index (χ1) is 14.4. The molecule has 2 N–H and O–H groups in total. The summed E-state index contributed by atoms with van der Waals surface area (Å²) >= 11 is 0. The maximum absolute atomic E-state index is 14.3. The summed E-state index contributed by atoms with van der Waals surface area (Å²) in [5.41, 5.74) is 6.88. The molecule has 0 fully saturated rings. The first-order valence-corrected chi connectivity index (χ1v) is 9.43. The van der Waals surface area contributed by atoms with Crippen LogP contribution in [0.1, 0.15) is 28.5 Å². The molecule has 0 saturated heterocycles. The van der Waals surface area contributed by atoms with E-state index in [0.717, 1.165) is 6.29 Å². The lowest BCUT2D eigenvalue weighted by atomic mass is 9.83. The van der Waals surface area contributed by atoms with Gasteiger partial charge >= 0.3 is 0 Å². The topological polar surface area (TPSA) is 93.6 Å². The minimum absolute atomic E-state index is 0.0647. The second kappa shape index (κ2) is 7.22. The van der Waals surface area contributed by atoms with Crippen molar-refractivity contribution in [1.29, 1.82) is 0 Å². The van der Waals surface area contributed by atoms with Crippen LogP contribution in [-0.2, 0) is 16.9 Å². The van der Waals surface area contributed by atoms with E-state index in [-0.39, 0.29) is 11.9 Å². The molecule has 0 radical (unpaired) electrons. The van der Waals surface area contributed by atoms with Crippen molar-refractivity contribution >= 4 is 18.2 Å². The van der Waals surface area contributed by atoms with Crippen LogP contribution in [0.3, 0.4) is 0 Å². The van der Waals surface area contributed by atoms with Gasteiger partial charge in [0.1, 0.15) is 0 Å². The van der Waals surface area contributed by atoms with Gasteiger partial charge in [0.2, 0.25) is 5.95 Å². The van der Waals surface area contributed by atoms with Gasteiger partial charge in [-0.3, -0.25) is 14.5 Å². The van der Waals surface area contributed by atoms with E-state index in [1.165, 1.54) is 11.1 Å². The second-order valence-corrected chi connectivity index (χ2v) is 7.02. The number of aromatic nitrogens is 2. The van der Waals surface area contributed by atoms with E-state index < -0.39 is 11.5 Å². The quantitative estimate of drug-likeness (QED) is 0.521. The number of aliphatic imine (C=N–C) groups is 1. The van der Waals surface area contributed by atoms with Crippen molar-refractivity contribution in [3.8, 4) is 11.1 Å². The van der Waals surface area contributed by atoms with Crippen molar-refractivity contribution in [1.82, 2.24) is 14.5 Å². The highest BCUT2D eigenvalue weighted by atomic mass is 19.1. The number of hydrogen-bond acceptors (Lipinski definition) is 5. The van der Waals surface area contributed by atoms with E-state index >= 15 is 0 Å². The number of aryl methyl sites for hydroxylation is 1. The van der Waals surface area contributed by atoms with E-state index in [2.05, 4.69) is 9.98 Å². The molecule has 8 heteroatoms. The summed E-state index contributed by atoms with van der Waals surface area (Å²) in [5, 5.41) is 0. The van der Waals surface area contributed by atoms with Gasteiger partial charge in [-0.1, -0.05) is 18.2 Å². The van der Waals surface area contributed by atoms with E-state index in [1.807, 2.05) is 6.92 Å². The molecular weight excluding hydrogens is 385 g/mol. The number of likely N-dealkylation sites (N-methyl/N-ethyl adjacent to an activating group) is 1. The fourth-order valence-electron chi connectivity index (χ4n) is 3.79. The largest absolute Gasteiger partial charge is 0.369 e. The number of nitrogens with zero attached hydrogens (tertiary/aromatic N) is 4. The summed E-state index contributed by atoms with van der Waals surface area (Å²) in [6.07, 6.45) is 3.84. The van der Waals surface area contributed by atoms with Crippen LogP contribution in [0, 0.1) is 5.95 Å². The Morgan fingerprint density at radius 3 is 2.60 bits per heavy atom. The molecule has 3 heterocycles. The number of benzene rings is 1. The van der Waals surface area contributed by atoms with E-state index in [1.54, 1.807) is 60.3 Å². The molecule has 1 atom stereocenters. The summed E-state index contributed by atoms with van der Waals surface area (Å²) in [6.45, 7) is 2.45. The summed E-state index contributed by atoms with van der Waals surface area (Å²) in [5.74, 6) is -0.897. The zero-order valence-corrected chi connectivity index (χ0v) is 16.5. The fourth-order valence-corrected chi connectivity index (χ4v) is 3.79. The molecule has 1 aromatic carbocycles. The zero-order chi connectivity index (χ0) is 21.5. The Bertz CT molecular complexity index is 1190. The highest BCUT2D eigenvalue weighted by Gasteiger charge is 2.50. The molecule has 1 amide bonds. The van der Waals surface area contributed by atoms with E-state index in [9.17, 15) is 14.0 Å². The lowest BCUT2D eigenvalue weighted by Gasteiger charge is -2.25. The molecule has 0 unspecified atom stereocenters. The standard InChI is InChI=1S/C22H20FN5O2/c1-3-28-12-16(11-17(28)13-29)22(20(30)27(2)21(24)26-22)15-7-4-6-14(10-15)18-8-5-9-25-19(18)23/h4-13H,3H2,1-2H3,(H2,24,26)/t22-/m0/s1. The molecule has 0 spiro atoms. The van der Waals surface area contributed by atoms with Gasteiger partial charge < -0.3 is 10.3 Å². The maximum Gasteiger partial charge on any atom is 0.266 e. The number of nitrogens with two attached hydrogens (primary N) is 1. The van der Waals surface area contributed by atoms with Crippen molar-refractivity contribution in [2.45, 2.75) is 19.0 Å². The smallest absolute Gasteiger partial charge is 0.266 e. The van der Waals surface area contributed by atoms with E-state index in [4.69, 9.17) is 5.73 Å². The van der Waals surface area contributed by atoms with E-state index in [0.29, 0.717) is 34.5 Å². The number of carbonyl (C=O) groups is 2. The van der Waals surface area contributed by atoms with Crippen LogP contribution in [-0.4, -0.2) is 39.7 Å². The summed E-state index contributed by atoms with van der Waals surface area (Å²) in [6, 6.07) is 11.8. The molecule has 2 aromatic heterocycles. The van der Waals surface area contributed by atoms with Gasteiger partial charge in [-0.05, 0) is 42.3 Å². The Hall–Kier alpha value is -3.81. The second-order valence-electron chi connectivity index (χ2n) is 7.02. The number of carbonyl (C=O) groups excluding carboxylic acids is 2. The number of aldehydes is 1. The number of hydrogen-bond donors (Lipinski definition) is 1. The molecule has 0 bridgehead atoms. The van der Waals surface area contributed by atoms with Crippen LogP contribution >= 0.6 is 0 Å². The van der Waals surface area contributed by atoms with Crippen LogP contribution in [0.2, 0.25) is 0 Å². The lowest BCUT2D eigenvalue weighted by molar-refractivity contribution is -0.129. The van der Waals surface area contributed by atoms with Crippen LogP contribution in [0.25, 0.3) is 11.1 Å². The predicted molar refractivity (Wildman–Crippen MR) is 110 cm³/mol. The molecule has 30 heavy (non-hydrogen) atoms. The number of rotatable bonds is 5. The Balaban J connectivity index is 1.97.